The summed E-state index contributed by atoms with van der Waals surface area (Å²) in [6.07, 6.45) is -2.34. The van der Waals surface area contributed by atoms with Crippen LogP contribution in [0, 0.1) is 0 Å². The van der Waals surface area contributed by atoms with Gasteiger partial charge >= 0.3 is 12.4 Å². The Hall–Kier alpha value is -5.40. The number of aryl methyl sites for hydroxylation is 2. The first kappa shape index (κ1) is 38.3. The van der Waals surface area contributed by atoms with Gasteiger partial charge in [0, 0.05) is 37.3 Å². The van der Waals surface area contributed by atoms with E-state index in [4.69, 9.17) is 0 Å². The van der Waals surface area contributed by atoms with Gasteiger partial charge in [0.05, 0.1) is 21.8 Å². The van der Waals surface area contributed by atoms with Gasteiger partial charge in [-0.25, -0.2) is 9.97 Å². The number of rotatable bonds is 8. The zero-order valence-electron chi connectivity index (χ0n) is 29.7. The fourth-order valence-electron chi connectivity index (χ4n) is 6.93. The first-order valence-corrected chi connectivity index (χ1v) is 17.7. The minimum Gasteiger partial charge on any atom is -0.296 e. The van der Waals surface area contributed by atoms with Gasteiger partial charge in [-0.3, -0.25) is 28.7 Å². The molecule has 1 fully saturated rings. The number of fused-ring (bicyclic) bond motifs is 2. The first-order chi connectivity index (χ1) is 25.7. The molecular weight excluding hydrogens is 710 g/mol. The van der Waals surface area contributed by atoms with Crippen LogP contribution in [0.2, 0.25) is 0 Å². The maximum absolute atomic E-state index is 13.4. The third-order valence-corrected chi connectivity index (χ3v) is 9.51. The molecule has 6 aromatic rings. The third kappa shape index (κ3) is 8.37. The van der Waals surface area contributed by atoms with Crippen molar-refractivity contribution in [1.29, 1.82) is 0 Å². The summed E-state index contributed by atoms with van der Waals surface area (Å²) in [5, 5.41) is -0.915. The summed E-state index contributed by atoms with van der Waals surface area (Å²) >= 11 is 0. The van der Waals surface area contributed by atoms with Crippen molar-refractivity contribution in [3.8, 4) is 0 Å². The topological polar surface area (TPSA) is 95.6 Å². The van der Waals surface area contributed by atoms with Gasteiger partial charge in [-0.1, -0.05) is 87.4 Å². The summed E-state index contributed by atoms with van der Waals surface area (Å²) in [5.41, 5.74) is -1.57. The molecule has 1 aliphatic carbocycles. The molecule has 0 spiro atoms. The number of hydrogen-bond donors (Lipinski definition) is 0. The van der Waals surface area contributed by atoms with Crippen LogP contribution >= 0.6 is 0 Å². The average molecular weight is 749 g/mol. The van der Waals surface area contributed by atoms with Gasteiger partial charge < -0.3 is 0 Å². The van der Waals surface area contributed by atoms with E-state index < -0.39 is 45.6 Å². The van der Waals surface area contributed by atoms with Crippen molar-refractivity contribution in [2.45, 2.75) is 89.7 Å². The minimum atomic E-state index is -4.71. The van der Waals surface area contributed by atoms with Gasteiger partial charge in [0.1, 0.15) is 11.6 Å². The van der Waals surface area contributed by atoms with Gasteiger partial charge in [-0.05, 0) is 48.9 Å². The van der Waals surface area contributed by atoms with Crippen molar-refractivity contribution in [3.05, 3.63) is 140 Å². The van der Waals surface area contributed by atoms with Gasteiger partial charge in [-0.2, -0.15) is 26.3 Å². The number of alkyl halides is 6. The SMILES string of the molecule is CC(C)c1nc2ccnc(C(F)(F)F)c2c(=O)n1CCc1ccccc1.O=c1c2c(C(F)(F)F)nccc2nc(C2CCCC2)n1CCc1ccccc1. The van der Waals surface area contributed by atoms with Crippen LogP contribution in [-0.4, -0.2) is 29.1 Å². The summed E-state index contributed by atoms with van der Waals surface area (Å²) in [4.78, 5) is 41.8. The lowest BCUT2D eigenvalue weighted by Crippen LogP contribution is -2.29. The molecular formula is C40H38F6N6O2. The first-order valence-electron chi connectivity index (χ1n) is 17.7. The van der Waals surface area contributed by atoms with E-state index in [1.807, 2.05) is 74.5 Å². The Labute approximate surface area is 306 Å². The lowest BCUT2D eigenvalue weighted by atomic mass is 10.1. The summed E-state index contributed by atoms with van der Waals surface area (Å²) in [5.74, 6) is 1.07. The molecule has 0 amide bonds. The Morgan fingerprint density at radius 2 is 1.09 bits per heavy atom. The van der Waals surface area contributed by atoms with Crippen LogP contribution in [0.3, 0.4) is 0 Å². The van der Waals surface area contributed by atoms with E-state index in [0.717, 1.165) is 49.2 Å². The van der Waals surface area contributed by atoms with Crippen molar-refractivity contribution < 1.29 is 26.3 Å². The molecule has 4 aromatic heterocycles. The monoisotopic (exact) mass is 748 g/mol. The molecule has 0 bridgehead atoms. The van der Waals surface area contributed by atoms with Crippen LogP contribution in [0.25, 0.3) is 21.8 Å². The quantitative estimate of drug-likeness (QED) is 0.144. The van der Waals surface area contributed by atoms with Crippen LogP contribution in [0.4, 0.5) is 26.3 Å². The van der Waals surface area contributed by atoms with E-state index >= 15 is 0 Å². The smallest absolute Gasteiger partial charge is 0.296 e. The molecule has 54 heavy (non-hydrogen) atoms. The van der Waals surface area contributed by atoms with Crippen molar-refractivity contribution >= 4 is 21.8 Å². The van der Waals surface area contributed by atoms with E-state index in [-0.39, 0.29) is 29.4 Å². The largest absolute Gasteiger partial charge is 0.434 e. The molecule has 0 atom stereocenters. The Balaban J connectivity index is 0.000000185. The maximum atomic E-state index is 13.4. The highest BCUT2D eigenvalue weighted by atomic mass is 19.4. The Kier molecular flexibility index (Phi) is 11.3. The van der Waals surface area contributed by atoms with Gasteiger partial charge in [0.25, 0.3) is 11.1 Å². The second-order valence-corrected chi connectivity index (χ2v) is 13.6. The Bertz CT molecular complexity index is 2350. The highest BCUT2D eigenvalue weighted by Crippen LogP contribution is 2.36. The number of hydrogen-bond acceptors (Lipinski definition) is 6. The fourth-order valence-corrected chi connectivity index (χ4v) is 6.93. The number of pyridine rings is 2. The van der Waals surface area contributed by atoms with Crippen LogP contribution < -0.4 is 11.1 Å². The van der Waals surface area contributed by atoms with E-state index in [0.29, 0.717) is 31.0 Å². The standard InChI is InChI=1S/C21H20F3N3O.C19H18F3N3O/c22-21(23,24)18-17-16(10-12-25-18)26-19(15-8-4-5-9-15)27(20(17)28)13-11-14-6-2-1-3-7-14;1-12(2)17-24-14-8-10-23-16(19(20,21)22)15(14)18(26)25(17)11-9-13-6-4-3-5-7-13/h1-3,6-7,10,12,15H,4-5,8-9,11,13H2;3-8,10,12H,9,11H2,1-2H3. The molecule has 1 aliphatic rings. The number of aromatic nitrogens is 6. The predicted octanol–water partition coefficient (Wildman–Crippen LogP) is 8.89. The van der Waals surface area contributed by atoms with Crippen LogP contribution in [-0.2, 0) is 38.3 Å². The van der Waals surface area contributed by atoms with Crippen molar-refractivity contribution in [3.63, 3.8) is 0 Å². The van der Waals surface area contributed by atoms with Crippen molar-refractivity contribution in [1.82, 2.24) is 29.1 Å². The highest BCUT2D eigenvalue weighted by Gasteiger charge is 2.38. The molecule has 0 saturated heterocycles. The molecule has 0 aliphatic heterocycles. The summed E-state index contributed by atoms with van der Waals surface area (Å²) < 4.78 is 83.0. The van der Waals surface area contributed by atoms with Gasteiger partial charge in [0.15, 0.2) is 11.4 Å². The number of benzene rings is 2. The summed E-state index contributed by atoms with van der Waals surface area (Å²) in [7, 11) is 0. The molecule has 7 rings (SSSR count). The third-order valence-electron chi connectivity index (χ3n) is 9.51. The molecule has 0 unspecified atom stereocenters. The number of halogens is 6. The summed E-state index contributed by atoms with van der Waals surface area (Å²) in [6, 6.07) is 21.8. The Morgan fingerprint density at radius 3 is 1.56 bits per heavy atom. The number of nitrogens with zero attached hydrogens (tertiary/aromatic N) is 6. The average Bonchev–Trinajstić information content (AvgIpc) is 3.69. The van der Waals surface area contributed by atoms with Gasteiger partial charge in [-0.15, -0.1) is 0 Å². The van der Waals surface area contributed by atoms with E-state index in [2.05, 4.69) is 19.9 Å². The second kappa shape index (κ2) is 15.9. The second-order valence-electron chi connectivity index (χ2n) is 13.6. The molecule has 14 heteroatoms. The summed E-state index contributed by atoms with van der Waals surface area (Å²) in [6.45, 7) is 4.27. The predicted molar refractivity (Wildman–Crippen MR) is 193 cm³/mol. The molecule has 8 nitrogen and oxygen atoms in total. The van der Waals surface area contributed by atoms with E-state index in [1.54, 1.807) is 0 Å². The molecule has 0 N–H and O–H groups in total. The molecule has 0 radical (unpaired) electrons. The molecule has 1 saturated carbocycles. The van der Waals surface area contributed by atoms with Gasteiger partial charge in [0.2, 0.25) is 0 Å². The lowest BCUT2D eigenvalue weighted by Gasteiger charge is -2.19. The zero-order valence-corrected chi connectivity index (χ0v) is 29.7. The highest BCUT2D eigenvalue weighted by molar-refractivity contribution is 5.81. The minimum absolute atomic E-state index is 0.0250. The van der Waals surface area contributed by atoms with E-state index in [1.165, 1.54) is 21.3 Å². The van der Waals surface area contributed by atoms with Crippen molar-refractivity contribution in [2.75, 3.05) is 0 Å². The fraction of sp³-hybridized carbons (Fsp3) is 0.350. The maximum Gasteiger partial charge on any atom is 0.434 e. The van der Waals surface area contributed by atoms with E-state index in [9.17, 15) is 35.9 Å². The van der Waals surface area contributed by atoms with Crippen LogP contribution in [0.5, 0.6) is 0 Å². The molecule has 4 heterocycles. The van der Waals surface area contributed by atoms with Crippen LogP contribution in [0.15, 0.2) is 94.8 Å². The Morgan fingerprint density at radius 1 is 0.648 bits per heavy atom. The molecule has 282 valence electrons. The zero-order chi connectivity index (χ0) is 38.6. The lowest BCUT2D eigenvalue weighted by molar-refractivity contribution is -0.140. The normalized spacial score (nSPS) is 13.8. The molecule has 2 aromatic carbocycles. The van der Waals surface area contributed by atoms with Crippen LogP contribution in [0.1, 0.15) is 85.5 Å². The van der Waals surface area contributed by atoms with Crippen molar-refractivity contribution in [2.24, 2.45) is 0 Å².